The fraction of sp³-hybridized carbons (Fsp3) is 0.133. The van der Waals surface area contributed by atoms with Gasteiger partial charge in [0, 0.05) is 12.1 Å². The first-order valence-electron chi connectivity index (χ1n) is 6.24. The molecule has 0 spiro atoms. The van der Waals surface area contributed by atoms with E-state index in [1.165, 1.54) is 5.56 Å². The van der Waals surface area contributed by atoms with Crippen molar-refractivity contribution in [3.05, 3.63) is 59.9 Å². The van der Waals surface area contributed by atoms with Gasteiger partial charge in [0.1, 0.15) is 5.52 Å². The van der Waals surface area contributed by atoms with Crippen LogP contribution in [0.3, 0.4) is 0 Å². The summed E-state index contributed by atoms with van der Waals surface area (Å²) in [5.74, 6) is 0.765. The molecule has 0 atom stereocenters. The summed E-state index contributed by atoms with van der Waals surface area (Å²) < 4.78 is 0. The van der Waals surface area contributed by atoms with Crippen LogP contribution < -0.4 is 5.73 Å². The normalized spacial score (nSPS) is 10.7. The lowest BCUT2D eigenvalue weighted by molar-refractivity contribution is 0.824. The average molecular weight is 250 g/mol. The van der Waals surface area contributed by atoms with Crippen molar-refractivity contribution in [2.45, 2.75) is 12.8 Å². The van der Waals surface area contributed by atoms with E-state index in [1.807, 2.05) is 42.5 Å². The number of aromatic nitrogens is 3. The lowest BCUT2D eigenvalue weighted by Crippen LogP contribution is -2.01. The van der Waals surface area contributed by atoms with E-state index in [4.69, 9.17) is 5.73 Å². The molecule has 0 fully saturated rings. The fourth-order valence-electron chi connectivity index (χ4n) is 2.03. The van der Waals surface area contributed by atoms with Crippen molar-refractivity contribution < 1.29 is 0 Å². The minimum Gasteiger partial charge on any atom is -0.399 e. The third kappa shape index (κ3) is 2.68. The Bertz CT molecular complexity index is 709. The molecule has 3 aromatic rings. The maximum Gasteiger partial charge on any atom is 0.151 e. The summed E-state index contributed by atoms with van der Waals surface area (Å²) in [6, 6.07) is 15.6. The molecule has 0 saturated carbocycles. The number of anilines is 1. The van der Waals surface area contributed by atoms with Crippen LogP contribution in [0.2, 0.25) is 0 Å². The predicted octanol–water partition coefficient (Wildman–Crippen LogP) is 2.39. The van der Waals surface area contributed by atoms with Crippen molar-refractivity contribution >= 4 is 16.7 Å². The van der Waals surface area contributed by atoms with Gasteiger partial charge in [0.15, 0.2) is 5.82 Å². The molecule has 0 radical (unpaired) electrons. The Kier molecular flexibility index (Phi) is 3.06. The number of para-hydroxylation sites is 1. The molecule has 0 aliphatic heterocycles. The highest BCUT2D eigenvalue weighted by Gasteiger charge is 2.02. The van der Waals surface area contributed by atoms with Crippen LogP contribution in [0.4, 0.5) is 5.69 Å². The molecule has 2 aromatic carbocycles. The predicted molar refractivity (Wildman–Crippen MR) is 75.6 cm³/mol. The molecule has 0 amide bonds. The molecule has 19 heavy (non-hydrogen) atoms. The van der Waals surface area contributed by atoms with E-state index in [-0.39, 0.29) is 0 Å². The van der Waals surface area contributed by atoms with Crippen molar-refractivity contribution in [2.75, 3.05) is 5.73 Å². The van der Waals surface area contributed by atoms with E-state index in [0.717, 1.165) is 35.4 Å². The molecule has 3 rings (SSSR count). The molecular weight excluding hydrogens is 236 g/mol. The first kappa shape index (κ1) is 11.6. The van der Waals surface area contributed by atoms with E-state index >= 15 is 0 Å². The summed E-state index contributed by atoms with van der Waals surface area (Å²) in [5, 5.41) is 8.33. The van der Waals surface area contributed by atoms with Gasteiger partial charge >= 0.3 is 0 Å². The second-order valence-corrected chi connectivity index (χ2v) is 4.46. The Hall–Kier alpha value is -2.49. The van der Waals surface area contributed by atoms with Gasteiger partial charge < -0.3 is 5.73 Å². The number of rotatable bonds is 3. The Balaban J connectivity index is 1.78. The number of aryl methyl sites for hydroxylation is 2. The summed E-state index contributed by atoms with van der Waals surface area (Å²) in [6.45, 7) is 0. The van der Waals surface area contributed by atoms with Crippen molar-refractivity contribution in [2.24, 2.45) is 0 Å². The number of hydrogen-bond donors (Lipinski definition) is 1. The molecule has 4 nitrogen and oxygen atoms in total. The molecule has 0 aliphatic carbocycles. The Morgan fingerprint density at radius 3 is 2.53 bits per heavy atom. The van der Waals surface area contributed by atoms with E-state index in [2.05, 4.69) is 21.2 Å². The Morgan fingerprint density at radius 1 is 0.842 bits per heavy atom. The van der Waals surface area contributed by atoms with Crippen molar-refractivity contribution in [1.82, 2.24) is 15.2 Å². The maximum absolute atomic E-state index is 5.76. The maximum atomic E-state index is 5.76. The minimum atomic E-state index is 0.765. The quantitative estimate of drug-likeness (QED) is 0.725. The second kappa shape index (κ2) is 5.02. The number of nitrogen functional groups attached to an aromatic ring is 1. The number of nitrogens with zero attached hydrogens (tertiary/aromatic N) is 3. The van der Waals surface area contributed by atoms with Crippen molar-refractivity contribution in [3.8, 4) is 0 Å². The molecule has 4 heteroatoms. The van der Waals surface area contributed by atoms with Gasteiger partial charge in [-0.2, -0.15) is 0 Å². The number of hydrogen-bond acceptors (Lipinski definition) is 4. The van der Waals surface area contributed by atoms with Gasteiger partial charge in [0.2, 0.25) is 0 Å². The molecule has 0 bridgehead atoms. The molecular formula is C15H14N4. The first-order valence-corrected chi connectivity index (χ1v) is 6.24. The van der Waals surface area contributed by atoms with Crippen molar-refractivity contribution in [3.63, 3.8) is 0 Å². The Morgan fingerprint density at radius 2 is 1.68 bits per heavy atom. The monoisotopic (exact) mass is 250 g/mol. The van der Waals surface area contributed by atoms with Gasteiger partial charge in [-0.25, -0.2) is 4.98 Å². The highest BCUT2D eigenvalue weighted by atomic mass is 15.1. The first-order chi connectivity index (χ1) is 9.31. The van der Waals surface area contributed by atoms with Crippen LogP contribution in [-0.4, -0.2) is 15.2 Å². The molecule has 0 unspecified atom stereocenters. The smallest absolute Gasteiger partial charge is 0.151 e. The van der Waals surface area contributed by atoms with Gasteiger partial charge in [0.25, 0.3) is 0 Å². The van der Waals surface area contributed by atoms with Crippen molar-refractivity contribution in [1.29, 1.82) is 0 Å². The van der Waals surface area contributed by atoms with Gasteiger partial charge in [0.05, 0.1) is 5.52 Å². The average Bonchev–Trinajstić information content (AvgIpc) is 2.45. The zero-order chi connectivity index (χ0) is 13.1. The highest BCUT2D eigenvalue weighted by Crippen LogP contribution is 2.11. The van der Waals surface area contributed by atoms with E-state index in [9.17, 15) is 0 Å². The number of benzene rings is 2. The lowest BCUT2D eigenvalue weighted by atomic mass is 10.1. The van der Waals surface area contributed by atoms with Gasteiger partial charge in [-0.15, -0.1) is 10.2 Å². The number of fused-ring (bicyclic) bond motifs is 1. The summed E-state index contributed by atoms with van der Waals surface area (Å²) >= 11 is 0. The zero-order valence-corrected chi connectivity index (χ0v) is 10.5. The molecule has 1 heterocycles. The van der Waals surface area contributed by atoms with Crippen LogP contribution in [0.15, 0.2) is 48.5 Å². The Labute approximate surface area is 111 Å². The van der Waals surface area contributed by atoms with Gasteiger partial charge in [-0.3, -0.25) is 0 Å². The fourth-order valence-corrected chi connectivity index (χ4v) is 2.03. The molecule has 0 aliphatic rings. The highest BCUT2D eigenvalue weighted by molar-refractivity contribution is 5.72. The van der Waals surface area contributed by atoms with Crippen LogP contribution in [0.1, 0.15) is 11.4 Å². The summed E-state index contributed by atoms with van der Waals surface area (Å²) in [5.41, 5.74) is 9.45. The summed E-state index contributed by atoms with van der Waals surface area (Å²) in [4.78, 5) is 4.51. The van der Waals surface area contributed by atoms with Crippen LogP contribution in [0.25, 0.3) is 11.0 Å². The van der Waals surface area contributed by atoms with Crippen LogP contribution in [-0.2, 0) is 12.8 Å². The van der Waals surface area contributed by atoms with Gasteiger partial charge in [-0.1, -0.05) is 24.3 Å². The summed E-state index contributed by atoms with van der Waals surface area (Å²) in [7, 11) is 0. The standard InChI is InChI=1S/C15H14N4/c16-12-5-3-4-11(10-12)8-9-15-17-13-6-1-2-7-14(13)18-19-15/h1-7,10H,8-9,16H2. The molecule has 94 valence electrons. The SMILES string of the molecule is Nc1cccc(CCc2nnc3ccccc3n2)c1. The van der Waals surface area contributed by atoms with Crippen LogP contribution in [0, 0.1) is 0 Å². The molecule has 2 N–H and O–H groups in total. The third-order valence-electron chi connectivity index (χ3n) is 2.99. The van der Waals surface area contributed by atoms with E-state index in [0.29, 0.717) is 0 Å². The third-order valence-corrected chi connectivity index (χ3v) is 2.99. The van der Waals surface area contributed by atoms with E-state index in [1.54, 1.807) is 0 Å². The summed E-state index contributed by atoms with van der Waals surface area (Å²) in [6.07, 6.45) is 1.63. The zero-order valence-electron chi connectivity index (χ0n) is 10.5. The minimum absolute atomic E-state index is 0.765. The van der Waals surface area contributed by atoms with Crippen LogP contribution in [0.5, 0.6) is 0 Å². The number of nitrogens with two attached hydrogens (primary N) is 1. The largest absolute Gasteiger partial charge is 0.399 e. The van der Waals surface area contributed by atoms with Gasteiger partial charge in [-0.05, 0) is 36.2 Å². The second-order valence-electron chi connectivity index (χ2n) is 4.46. The lowest BCUT2D eigenvalue weighted by Gasteiger charge is -2.02. The molecule has 1 aromatic heterocycles. The van der Waals surface area contributed by atoms with Crippen LogP contribution >= 0.6 is 0 Å². The molecule has 0 saturated heterocycles. The topological polar surface area (TPSA) is 64.7 Å². The van der Waals surface area contributed by atoms with E-state index < -0.39 is 0 Å².